The Bertz CT molecular complexity index is 671. The highest BCUT2D eigenvalue weighted by molar-refractivity contribution is 5.90. The first kappa shape index (κ1) is 14.6. The van der Waals surface area contributed by atoms with Gasteiger partial charge in [-0.1, -0.05) is 24.3 Å². The lowest BCUT2D eigenvalue weighted by atomic mass is 10.1. The van der Waals surface area contributed by atoms with Crippen molar-refractivity contribution in [1.82, 2.24) is 5.43 Å². The first-order chi connectivity index (χ1) is 10.1. The van der Waals surface area contributed by atoms with E-state index in [9.17, 15) is 9.59 Å². The number of fused-ring (bicyclic) bond motifs is 1. The molecule has 0 fully saturated rings. The lowest BCUT2D eigenvalue weighted by molar-refractivity contribution is -0.139. The van der Waals surface area contributed by atoms with Crippen LogP contribution in [0.3, 0.4) is 0 Å². The Morgan fingerprint density at radius 1 is 1.14 bits per heavy atom. The first-order valence-electron chi connectivity index (χ1n) is 6.10. The maximum absolute atomic E-state index is 11.1. The van der Waals surface area contributed by atoms with E-state index in [2.05, 4.69) is 0 Å². The number of amides is 1. The third-order valence-electron chi connectivity index (χ3n) is 2.68. The SMILES string of the molecule is NNC(=O)COc1cc(OCC(=O)O)c2ccccc2c1. The van der Waals surface area contributed by atoms with Crippen molar-refractivity contribution in [3.8, 4) is 11.5 Å². The summed E-state index contributed by atoms with van der Waals surface area (Å²) < 4.78 is 10.5. The van der Waals surface area contributed by atoms with Crippen molar-refractivity contribution < 1.29 is 24.2 Å². The van der Waals surface area contributed by atoms with Gasteiger partial charge in [-0.05, 0) is 11.5 Å². The maximum atomic E-state index is 11.1. The number of benzene rings is 2. The molecule has 0 aromatic heterocycles. The van der Waals surface area contributed by atoms with Gasteiger partial charge in [-0.2, -0.15) is 0 Å². The van der Waals surface area contributed by atoms with Crippen molar-refractivity contribution in [2.45, 2.75) is 0 Å². The normalized spacial score (nSPS) is 10.1. The van der Waals surface area contributed by atoms with Crippen molar-refractivity contribution in [3.63, 3.8) is 0 Å². The Labute approximate surface area is 120 Å². The molecule has 0 spiro atoms. The minimum Gasteiger partial charge on any atom is -0.484 e. The number of aliphatic carboxylic acids is 1. The van der Waals surface area contributed by atoms with Crippen LogP contribution in [0.25, 0.3) is 10.8 Å². The van der Waals surface area contributed by atoms with Crippen molar-refractivity contribution >= 4 is 22.6 Å². The zero-order valence-corrected chi connectivity index (χ0v) is 11.0. The molecule has 0 bridgehead atoms. The molecule has 21 heavy (non-hydrogen) atoms. The lowest BCUT2D eigenvalue weighted by Gasteiger charge is -2.11. The highest BCUT2D eigenvalue weighted by atomic mass is 16.5. The van der Waals surface area contributed by atoms with Crippen LogP contribution in [0.2, 0.25) is 0 Å². The summed E-state index contributed by atoms with van der Waals surface area (Å²) in [5, 5.41) is 10.3. The van der Waals surface area contributed by atoms with E-state index in [0.717, 1.165) is 10.8 Å². The molecule has 110 valence electrons. The van der Waals surface area contributed by atoms with Crippen molar-refractivity contribution in [2.24, 2.45) is 5.84 Å². The number of nitrogens with two attached hydrogens (primary N) is 1. The van der Waals surface area contributed by atoms with E-state index in [0.29, 0.717) is 11.5 Å². The lowest BCUT2D eigenvalue weighted by Crippen LogP contribution is -2.34. The molecule has 0 heterocycles. The number of nitrogens with one attached hydrogen (secondary N) is 1. The Balaban J connectivity index is 2.30. The van der Waals surface area contributed by atoms with Crippen LogP contribution in [0.4, 0.5) is 0 Å². The van der Waals surface area contributed by atoms with E-state index >= 15 is 0 Å². The predicted molar refractivity (Wildman–Crippen MR) is 74.9 cm³/mol. The minimum atomic E-state index is -1.08. The number of rotatable bonds is 6. The summed E-state index contributed by atoms with van der Waals surface area (Å²) in [4.78, 5) is 21.7. The summed E-state index contributed by atoms with van der Waals surface area (Å²) in [7, 11) is 0. The molecule has 2 aromatic rings. The van der Waals surface area contributed by atoms with E-state index in [4.69, 9.17) is 20.4 Å². The summed E-state index contributed by atoms with van der Waals surface area (Å²) in [5.74, 6) is 4.18. The van der Waals surface area contributed by atoms with E-state index < -0.39 is 18.5 Å². The molecule has 7 heteroatoms. The van der Waals surface area contributed by atoms with Crippen LogP contribution in [0.5, 0.6) is 11.5 Å². The van der Waals surface area contributed by atoms with Gasteiger partial charge in [-0.15, -0.1) is 0 Å². The van der Waals surface area contributed by atoms with Crippen LogP contribution < -0.4 is 20.7 Å². The zero-order valence-electron chi connectivity index (χ0n) is 11.0. The maximum Gasteiger partial charge on any atom is 0.341 e. The number of carboxylic acid groups (broad SMARTS) is 1. The molecule has 7 nitrogen and oxygen atoms in total. The predicted octanol–water partition coefficient (Wildman–Crippen LogP) is 0.672. The van der Waals surface area contributed by atoms with Gasteiger partial charge in [0, 0.05) is 11.5 Å². The average molecular weight is 290 g/mol. The van der Waals surface area contributed by atoms with Gasteiger partial charge in [0.25, 0.3) is 5.91 Å². The Hall–Kier alpha value is -2.80. The summed E-state index contributed by atoms with van der Waals surface area (Å²) in [6.07, 6.45) is 0. The second-order valence-corrected chi connectivity index (χ2v) is 4.18. The highest BCUT2D eigenvalue weighted by Gasteiger charge is 2.09. The third kappa shape index (κ3) is 3.83. The number of carboxylic acids is 1. The fourth-order valence-electron chi connectivity index (χ4n) is 1.78. The molecule has 0 unspecified atom stereocenters. The summed E-state index contributed by atoms with van der Waals surface area (Å²) in [6.45, 7) is -0.704. The number of carbonyl (C=O) groups excluding carboxylic acids is 1. The van der Waals surface area contributed by atoms with Gasteiger partial charge in [-0.3, -0.25) is 10.2 Å². The largest absolute Gasteiger partial charge is 0.484 e. The van der Waals surface area contributed by atoms with Crippen LogP contribution in [0.15, 0.2) is 36.4 Å². The molecule has 2 aromatic carbocycles. The molecule has 4 N–H and O–H groups in total. The van der Waals surface area contributed by atoms with E-state index in [1.165, 1.54) is 6.07 Å². The molecular weight excluding hydrogens is 276 g/mol. The monoisotopic (exact) mass is 290 g/mol. The molecule has 0 radical (unpaired) electrons. The second-order valence-electron chi connectivity index (χ2n) is 4.18. The molecule has 0 saturated heterocycles. The molecule has 0 aliphatic heterocycles. The summed E-state index contributed by atoms with van der Waals surface area (Å²) >= 11 is 0. The van der Waals surface area contributed by atoms with E-state index in [-0.39, 0.29) is 6.61 Å². The number of carbonyl (C=O) groups is 2. The van der Waals surface area contributed by atoms with Gasteiger partial charge in [0.05, 0.1) is 0 Å². The van der Waals surface area contributed by atoms with Crippen LogP contribution in [-0.4, -0.2) is 30.2 Å². The quantitative estimate of drug-likeness (QED) is 0.410. The Morgan fingerprint density at radius 2 is 1.90 bits per heavy atom. The molecular formula is C14H14N2O5. The van der Waals surface area contributed by atoms with Gasteiger partial charge < -0.3 is 14.6 Å². The van der Waals surface area contributed by atoms with Crippen molar-refractivity contribution in [3.05, 3.63) is 36.4 Å². The summed E-state index contributed by atoms with van der Waals surface area (Å²) in [6, 6.07) is 10.6. The number of hydrogen-bond donors (Lipinski definition) is 3. The molecule has 0 aliphatic carbocycles. The van der Waals surface area contributed by atoms with E-state index in [1.54, 1.807) is 6.07 Å². The topological polar surface area (TPSA) is 111 Å². The fraction of sp³-hybridized carbons (Fsp3) is 0.143. The molecule has 2 rings (SSSR count). The average Bonchev–Trinajstić information content (AvgIpc) is 2.50. The van der Waals surface area contributed by atoms with Crippen LogP contribution in [0.1, 0.15) is 0 Å². The highest BCUT2D eigenvalue weighted by Crippen LogP contribution is 2.31. The van der Waals surface area contributed by atoms with Gasteiger partial charge in [0.1, 0.15) is 11.5 Å². The van der Waals surface area contributed by atoms with Crippen LogP contribution in [-0.2, 0) is 9.59 Å². The third-order valence-corrected chi connectivity index (χ3v) is 2.68. The van der Waals surface area contributed by atoms with Gasteiger partial charge in [0.2, 0.25) is 0 Å². The fourth-order valence-corrected chi connectivity index (χ4v) is 1.78. The van der Waals surface area contributed by atoms with E-state index in [1.807, 2.05) is 29.7 Å². The Morgan fingerprint density at radius 3 is 2.62 bits per heavy atom. The molecule has 0 aliphatic rings. The number of ether oxygens (including phenoxy) is 2. The van der Waals surface area contributed by atoms with Crippen LogP contribution in [0, 0.1) is 0 Å². The Kier molecular flexibility index (Phi) is 4.57. The van der Waals surface area contributed by atoms with Gasteiger partial charge >= 0.3 is 5.97 Å². The van der Waals surface area contributed by atoms with Gasteiger partial charge in [0.15, 0.2) is 13.2 Å². The first-order valence-corrected chi connectivity index (χ1v) is 6.10. The van der Waals surface area contributed by atoms with Crippen molar-refractivity contribution in [2.75, 3.05) is 13.2 Å². The minimum absolute atomic E-state index is 0.243. The standard InChI is InChI=1S/C14H14N2O5/c15-16-13(17)7-20-10-5-9-3-1-2-4-11(9)12(6-10)21-8-14(18)19/h1-6H,7-8,15H2,(H,16,17)(H,18,19). The second kappa shape index (κ2) is 6.58. The zero-order chi connectivity index (χ0) is 15.2. The smallest absolute Gasteiger partial charge is 0.341 e. The summed E-state index contributed by atoms with van der Waals surface area (Å²) in [5.41, 5.74) is 1.95. The number of hydrazine groups is 1. The molecule has 1 amide bonds. The van der Waals surface area contributed by atoms with Crippen molar-refractivity contribution in [1.29, 1.82) is 0 Å². The molecule has 0 saturated carbocycles. The molecule has 0 atom stereocenters. The van der Waals surface area contributed by atoms with Crippen LogP contribution >= 0.6 is 0 Å². The number of hydrogen-bond acceptors (Lipinski definition) is 5. The van der Waals surface area contributed by atoms with Gasteiger partial charge in [-0.25, -0.2) is 10.6 Å².